The summed E-state index contributed by atoms with van der Waals surface area (Å²) >= 11 is 0. The summed E-state index contributed by atoms with van der Waals surface area (Å²) in [6, 6.07) is 7.18. The van der Waals surface area contributed by atoms with Crippen molar-refractivity contribution in [2.75, 3.05) is 5.73 Å². The minimum atomic E-state index is 0.0116. The van der Waals surface area contributed by atoms with Gasteiger partial charge in [-0.3, -0.25) is 4.79 Å². The lowest BCUT2D eigenvalue weighted by Crippen LogP contribution is -2.15. The molecule has 0 unspecified atom stereocenters. The lowest BCUT2D eigenvalue weighted by atomic mass is 10.1. The van der Waals surface area contributed by atoms with Crippen LogP contribution in [0.3, 0.4) is 0 Å². The molecule has 3 heteroatoms. The highest BCUT2D eigenvalue weighted by Crippen LogP contribution is 2.12. The Bertz CT molecular complexity index is 514. The Balaban J connectivity index is 2.95. The van der Waals surface area contributed by atoms with Crippen molar-refractivity contribution in [3.05, 3.63) is 40.8 Å². The largest absolute Gasteiger partial charge is 0.399 e. The lowest BCUT2D eigenvalue weighted by Gasteiger charge is -2.01. The third-order valence-corrected chi connectivity index (χ3v) is 2.10. The number of fused-ring (bicyclic) bond motifs is 1. The van der Waals surface area contributed by atoms with E-state index in [4.69, 9.17) is 5.73 Å². The normalized spacial score (nSPS) is 10.5. The summed E-state index contributed by atoms with van der Waals surface area (Å²) in [5.41, 5.74) is 6.30. The van der Waals surface area contributed by atoms with Crippen molar-refractivity contribution in [2.45, 2.75) is 0 Å². The van der Waals surface area contributed by atoms with E-state index in [1.165, 1.54) is 0 Å². The second-order valence-electron chi connectivity index (χ2n) is 3.08. The first-order valence-electron chi connectivity index (χ1n) is 4.03. The molecule has 66 valence electrons. The number of hydrogen-bond donors (Lipinski definition) is 1. The number of benzene rings is 1. The summed E-state index contributed by atoms with van der Waals surface area (Å²) in [6.07, 6.45) is 1.74. The molecule has 0 aliphatic heterocycles. The number of aryl methyl sites for hydroxylation is 1. The Kier molecular flexibility index (Phi) is 1.59. The third-order valence-electron chi connectivity index (χ3n) is 2.10. The quantitative estimate of drug-likeness (QED) is 0.608. The zero-order valence-corrected chi connectivity index (χ0v) is 7.32. The highest BCUT2D eigenvalue weighted by Gasteiger charge is 1.99. The van der Waals surface area contributed by atoms with Crippen LogP contribution in [-0.4, -0.2) is 4.57 Å². The van der Waals surface area contributed by atoms with Crippen molar-refractivity contribution in [1.29, 1.82) is 0 Å². The van der Waals surface area contributed by atoms with E-state index < -0.39 is 0 Å². The summed E-state index contributed by atoms with van der Waals surface area (Å²) in [5, 5.41) is 1.60. The predicted molar refractivity (Wildman–Crippen MR) is 53.6 cm³/mol. The van der Waals surface area contributed by atoms with Crippen LogP contribution in [-0.2, 0) is 7.05 Å². The topological polar surface area (TPSA) is 48.0 Å². The van der Waals surface area contributed by atoms with Crippen LogP contribution in [0.5, 0.6) is 0 Å². The van der Waals surface area contributed by atoms with E-state index >= 15 is 0 Å². The summed E-state index contributed by atoms with van der Waals surface area (Å²) in [7, 11) is 1.73. The van der Waals surface area contributed by atoms with Crippen LogP contribution < -0.4 is 11.3 Å². The molecule has 1 aromatic carbocycles. The molecular formula is C10H10N2O. The molecule has 2 N–H and O–H groups in total. The molecule has 0 amide bonds. The number of nitrogen functional groups attached to an aromatic ring is 1. The van der Waals surface area contributed by atoms with E-state index in [1.54, 1.807) is 36.0 Å². The van der Waals surface area contributed by atoms with Gasteiger partial charge in [-0.1, -0.05) is 0 Å². The minimum absolute atomic E-state index is 0.0116. The van der Waals surface area contributed by atoms with Crippen LogP contribution in [0.4, 0.5) is 5.69 Å². The number of aromatic nitrogens is 1. The Morgan fingerprint density at radius 2 is 2.08 bits per heavy atom. The second-order valence-corrected chi connectivity index (χ2v) is 3.08. The van der Waals surface area contributed by atoms with Gasteiger partial charge in [-0.25, -0.2) is 0 Å². The number of nitrogens with zero attached hydrogens (tertiary/aromatic N) is 1. The molecule has 0 spiro atoms. The monoisotopic (exact) mass is 174 g/mol. The maximum atomic E-state index is 11.6. The van der Waals surface area contributed by atoms with E-state index in [1.807, 2.05) is 6.07 Å². The zero-order valence-electron chi connectivity index (χ0n) is 7.32. The molecule has 2 rings (SSSR count). The highest BCUT2D eigenvalue weighted by atomic mass is 16.1. The summed E-state index contributed by atoms with van der Waals surface area (Å²) in [6.45, 7) is 0. The second kappa shape index (κ2) is 2.62. The van der Waals surface area contributed by atoms with E-state index in [2.05, 4.69) is 0 Å². The van der Waals surface area contributed by atoms with Crippen molar-refractivity contribution >= 4 is 16.5 Å². The van der Waals surface area contributed by atoms with Crippen LogP contribution in [0.2, 0.25) is 0 Å². The number of hydrogen-bond acceptors (Lipinski definition) is 2. The Morgan fingerprint density at radius 3 is 2.85 bits per heavy atom. The molecule has 0 atom stereocenters. The fourth-order valence-corrected chi connectivity index (χ4v) is 1.36. The molecule has 13 heavy (non-hydrogen) atoms. The van der Waals surface area contributed by atoms with Gasteiger partial charge in [0, 0.05) is 24.3 Å². The SMILES string of the molecule is Cn1ccc2cc(N)ccc2c1=O. The summed E-state index contributed by atoms with van der Waals surface area (Å²) in [4.78, 5) is 11.6. The van der Waals surface area contributed by atoms with Gasteiger partial charge >= 0.3 is 0 Å². The van der Waals surface area contributed by atoms with Gasteiger partial charge in [0.25, 0.3) is 5.56 Å². The summed E-state index contributed by atoms with van der Waals surface area (Å²) < 4.78 is 1.55. The van der Waals surface area contributed by atoms with Crippen molar-refractivity contribution in [1.82, 2.24) is 4.57 Å². The highest BCUT2D eigenvalue weighted by molar-refractivity contribution is 5.84. The van der Waals surface area contributed by atoms with Gasteiger partial charge in [0.15, 0.2) is 0 Å². The predicted octanol–water partition coefficient (Wildman–Crippen LogP) is 1.12. The lowest BCUT2D eigenvalue weighted by molar-refractivity contribution is 0.873. The van der Waals surface area contributed by atoms with E-state index in [0.29, 0.717) is 11.1 Å². The van der Waals surface area contributed by atoms with Gasteiger partial charge in [-0.05, 0) is 29.7 Å². The van der Waals surface area contributed by atoms with Gasteiger partial charge in [0.2, 0.25) is 0 Å². The molecule has 1 heterocycles. The van der Waals surface area contributed by atoms with Crippen LogP contribution in [0.1, 0.15) is 0 Å². The van der Waals surface area contributed by atoms with Gasteiger partial charge in [-0.2, -0.15) is 0 Å². The molecular weight excluding hydrogens is 164 g/mol. The van der Waals surface area contributed by atoms with Crippen molar-refractivity contribution in [3.63, 3.8) is 0 Å². The van der Waals surface area contributed by atoms with E-state index in [-0.39, 0.29) is 5.56 Å². The van der Waals surface area contributed by atoms with Crippen molar-refractivity contribution in [3.8, 4) is 0 Å². The minimum Gasteiger partial charge on any atom is -0.399 e. The smallest absolute Gasteiger partial charge is 0.258 e. The molecule has 0 aliphatic rings. The maximum Gasteiger partial charge on any atom is 0.258 e. The first-order chi connectivity index (χ1) is 6.18. The molecule has 0 aliphatic carbocycles. The van der Waals surface area contributed by atoms with Crippen LogP contribution in [0.25, 0.3) is 10.8 Å². The molecule has 0 bridgehead atoms. The first kappa shape index (κ1) is 7.86. The first-order valence-corrected chi connectivity index (χ1v) is 4.03. The Hall–Kier alpha value is -1.77. The maximum absolute atomic E-state index is 11.6. The standard InChI is InChI=1S/C10H10N2O/c1-12-5-4-7-6-8(11)2-3-9(7)10(12)13/h2-6H,11H2,1H3. The molecule has 0 saturated heterocycles. The number of pyridine rings is 1. The molecule has 2 aromatic rings. The van der Waals surface area contributed by atoms with Gasteiger partial charge in [0.1, 0.15) is 0 Å². The average molecular weight is 174 g/mol. The average Bonchev–Trinajstić information content (AvgIpc) is 2.12. The van der Waals surface area contributed by atoms with Gasteiger partial charge in [-0.15, -0.1) is 0 Å². The van der Waals surface area contributed by atoms with Crippen LogP contribution >= 0.6 is 0 Å². The molecule has 3 nitrogen and oxygen atoms in total. The number of anilines is 1. The van der Waals surface area contributed by atoms with Crippen LogP contribution in [0.15, 0.2) is 35.3 Å². The Labute approximate surface area is 75.4 Å². The van der Waals surface area contributed by atoms with Crippen molar-refractivity contribution in [2.24, 2.45) is 7.05 Å². The third kappa shape index (κ3) is 1.18. The fraction of sp³-hybridized carbons (Fsp3) is 0.100. The van der Waals surface area contributed by atoms with Gasteiger partial charge < -0.3 is 10.3 Å². The fourth-order valence-electron chi connectivity index (χ4n) is 1.36. The summed E-state index contributed by atoms with van der Waals surface area (Å²) in [5.74, 6) is 0. The van der Waals surface area contributed by atoms with E-state index in [9.17, 15) is 4.79 Å². The molecule has 0 radical (unpaired) electrons. The van der Waals surface area contributed by atoms with E-state index in [0.717, 1.165) is 5.39 Å². The molecule has 1 aromatic heterocycles. The molecule has 0 saturated carbocycles. The Morgan fingerprint density at radius 1 is 1.31 bits per heavy atom. The van der Waals surface area contributed by atoms with Crippen molar-refractivity contribution < 1.29 is 0 Å². The van der Waals surface area contributed by atoms with Crippen LogP contribution in [0, 0.1) is 0 Å². The number of nitrogens with two attached hydrogens (primary N) is 1. The number of rotatable bonds is 0. The van der Waals surface area contributed by atoms with Gasteiger partial charge in [0.05, 0.1) is 0 Å². The zero-order chi connectivity index (χ0) is 9.42. The molecule has 0 fully saturated rings.